The van der Waals surface area contributed by atoms with Gasteiger partial charge in [-0.1, -0.05) is 0 Å². The van der Waals surface area contributed by atoms with Gasteiger partial charge >= 0.3 is 7.12 Å². The molecule has 0 fully saturated rings. The van der Waals surface area contributed by atoms with Crippen molar-refractivity contribution in [3.63, 3.8) is 0 Å². The molecule has 0 saturated carbocycles. The Kier molecular flexibility index (Phi) is 2.08. The summed E-state index contributed by atoms with van der Waals surface area (Å²) < 4.78 is 0. The fraction of sp³-hybridized carbons (Fsp3) is 0.400. The van der Waals surface area contributed by atoms with E-state index in [1.54, 1.807) is 0 Å². The highest BCUT2D eigenvalue weighted by Gasteiger charge is 2.16. The Morgan fingerprint density at radius 2 is 2.00 bits per heavy atom. The second-order valence-corrected chi connectivity index (χ2v) is 3.30. The number of aromatic nitrogens is 1. The predicted octanol–water partition coefficient (Wildman–Crippen LogP) is -0.560. The summed E-state index contributed by atoms with van der Waals surface area (Å²) in [4.78, 5) is 5.33. The van der Waals surface area contributed by atoms with Gasteiger partial charge in [-0.3, -0.25) is 4.98 Å². The van der Waals surface area contributed by atoms with Crippen LogP contribution in [0.3, 0.4) is 0 Å². The van der Waals surface area contributed by atoms with E-state index < -0.39 is 7.12 Å². The minimum atomic E-state index is -1.42. The van der Waals surface area contributed by atoms with Crippen LogP contribution >= 0.6 is 11.3 Å². The molecule has 2 N–H and O–H groups in total. The Morgan fingerprint density at radius 3 is 2.20 bits per heavy atom. The van der Waals surface area contributed by atoms with Gasteiger partial charge in [0, 0.05) is 4.88 Å². The Balaban J connectivity index is 2.98. The van der Waals surface area contributed by atoms with Crippen LogP contribution in [0.15, 0.2) is 0 Å². The zero-order chi connectivity index (χ0) is 7.72. The number of thiazole rings is 1. The van der Waals surface area contributed by atoms with Crippen LogP contribution in [-0.2, 0) is 0 Å². The number of hydrogen-bond acceptors (Lipinski definition) is 4. The van der Waals surface area contributed by atoms with Crippen LogP contribution in [0.2, 0.25) is 0 Å². The normalized spacial score (nSPS) is 10.0. The molecule has 0 bridgehead atoms. The Bertz CT molecular complexity index is 216. The van der Waals surface area contributed by atoms with Crippen molar-refractivity contribution in [2.45, 2.75) is 13.8 Å². The molecule has 1 aromatic heterocycles. The van der Waals surface area contributed by atoms with Crippen LogP contribution in [0, 0.1) is 13.8 Å². The van der Waals surface area contributed by atoms with Crippen molar-refractivity contribution in [2.24, 2.45) is 0 Å². The van der Waals surface area contributed by atoms with E-state index in [0.717, 1.165) is 10.6 Å². The van der Waals surface area contributed by atoms with Crippen molar-refractivity contribution < 1.29 is 10.0 Å². The lowest BCUT2D eigenvalue weighted by Gasteiger charge is -1.86. The summed E-state index contributed by atoms with van der Waals surface area (Å²) in [6, 6.07) is 0. The first-order valence-electron chi connectivity index (χ1n) is 2.91. The van der Waals surface area contributed by atoms with E-state index in [4.69, 9.17) is 10.0 Å². The molecule has 0 aliphatic carbocycles. The summed E-state index contributed by atoms with van der Waals surface area (Å²) in [5, 5.41) is 17.3. The van der Waals surface area contributed by atoms with E-state index in [-0.39, 0.29) is 0 Å². The lowest BCUT2D eigenvalue weighted by Crippen LogP contribution is -2.29. The second kappa shape index (κ2) is 2.69. The van der Waals surface area contributed by atoms with Gasteiger partial charge in [0.05, 0.1) is 5.69 Å². The van der Waals surface area contributed by atoms with Crippen molar-refractivity contribution in [1.82, 2.24) is 4.98 Å². The molecule has 0 aliphatic rings. The fourth-order valence-electron chi connectivity index (χ4n) is 0.608. The molecule has 0 aliphatic heterocycles. The summed E-state index contributed by atoms with van der Waals surface area (Å²) in [6.07, 6.45) is 0. The zero-order valence-corrected chi connectivity index (χ0v) is 6.64. The molecular weight excluding hydrogens is 149 g/mol. The number of aryl methyl sites for hydroxylation is 2. The highest BCUT2D eigenvalue weighted by Crippen LogP contribution is 2.07. The highest BCUT2D eigenvalue weighted by atomic mass is 32.1. The molecule has 1 aromatic rings. The number of rotatable bonds is 1. The third kappa shape index (κ3) is 1.37. The topological polar surface area (TPSA) is 53.4 Å². The van der Waals surface area contributed by atoms with Gasteiger partial charge in [0.15, 0.2) is 0 Å². The van der Waals surface area contributed by atoms with Gasteiger partial charge < -0.3 is 10.0 Å². The molecular formula is C5H8BNO2S. The standard InChI is InChI=1S/C5H8BNO2S/c1-3-4(2)10-5(7-3)6(8)9/h8-9H,1-2H3. The second-order valence-electron chi connectivity index (χ2n) is 2.07. The van der Waals surface area contributed by atoms with Crippen LogP contribution in [0.25, 0.3) is 0 Å². The molecule has 54 valence electrons. The van der Waals surface area contributed by atoms with Gasteiger partial charge in [0.2, 0.25) is 0 Å². The van der Waals surface area contributed by atoms with E-state index in [0.29, 0.717) is 4.91 Å². The smallest absolute Gasteiger partial charge is 0.422 e. The summed E-state index contributed by atoms with van der Waals surface area (Å²) in [7, 11) is -1.42. The largest absolute Gasteiger partial charge is 0.519 e. The molecule has 0 saturated heterocycles. The SMILES string of the molecule is Cc1nc(B(O)O)sc1C. The van der Waals surface area contributed by atoms with Crippen molar-refractivity contribution >= 4 is 23.4 Å². The molecule has 1 rings (SSSR count). The van der Waals surface area contributed by atoms with Crippen molar-refractivity contribution in [1.29, 1.82) is 0 Å². The summed E-state index contributed by atoms with van der Waals surface area (Å²) in [5.74, 6) is 0. The molecule has 3 nitrogen and oxygen atoms in total. The van der Waals surface area contributed by atoms with Gasteiger partial charge in [-0.2, -0.15) is 0 Å². The maximum absolute atomic E-state index is 8.66. The molecule has 0 aromatic carbocycles. The molecule has 5 heteroatoms. The van der Waals surface area contributed by atoms with Gasteiger partial charge in [-0.15, -0.1) is 11.3 Å². The Labute approximate surface area is 63.5 Å². The minimum Gasteiger partial charge on any atom is -0.422 e. The summed E-state index contributed by atoms with van der Waals surface area (Å²) >= 11 is 1.31. The predicted molar refractivity (Wildman–Crippen MR) is 41.4 cm³/mol. The van der Waals surface area contributed by atoms with Crippen LogP contribution in [0.5, 0.6) is 0 Å². The minimum absolute atomic E-state index is 0.370. The first kappa shape index (κ1) is 7.72. The quantitative estimate of drug-likeness (QED) is 0.537. The molecule has 0 spiro atoms. The monoisotopic (exact) mass is 157 g/mol. The third-order valence-corrected chi connectivity index (χ3v) is 2.38. The molecule has 10 heavy (non-hydrogen) atoms. The van der Waals surface area contributed by atoms with E-state index in [1.165, 1.54) is 11.3 Å². The maximum atomic E-state index is 8.66. The van der Waals surface area contributed by atoms with Crippen LogP contribution in [0.4, 0.5) is 0 Å². The summed E-state index contributed by atoms with van der Waals surface area (Å²) in [6.45, 7) is 3.75. The number of nitrogens with zero attached hydrogens (tertiary/aromatic N) is 1. The first-order valence-corrected chi connectivity index (χ1v) is 3.73. The Morgan fingerprint density at radius 1 is 1.40 bits per heavy atom. The Hall–Kier alpha value is -0.385. The first-order chi connectivity index (χ1) is 4.61. The molecule has 1 heterocycles. The van der Waals surface area contributed by atoms with Gasteiger partial charge in [-0.05, 0) is 13.8 Å². The lowest BCUT2D eigenvalue weighted by molar-refractivity contribution is 0.425. The third-order valence-electron chi connectivity index (χ3n) is 1.27. The maximum Gasteiger partial charge on any atom is 0.519 e. The molecule has 0 amide bonds. The molecule has 0 unspecified atom stereocenters. The van der Waals surface area contributed by atoms with E-state index in [2.05, 4.69) is 4.98 Å². The summed E-state index contributed by atoms with van der Waals surface area (Å²) in [5.41, 5.74) is 0.869. The van der Waals surface area contributed by atoms with Gasteiger partial charge in [-0.25, -0.2) is 0 Å². The lowest BCUT2D eigenvalue weighted by atomic mass is 9.94. The van der Waals surface area contributed by atoms with Crippen LogP contribution in [-0.4, -0.2) is 22.2 Å². The van der Waals surface area contributed by atoms with Gasteiger partial charge in [0.25, 0.3) is 0 Å². The van der Waals surface area contributed by atoms with Crippen LogP contribution < -0.4 is 4.91 Å². The zero-order valence-electron chi connectivity index (χ0n) is 5.83. The van der Waals surface area contributed by atoms with E-state index >= 15 is 0 Å². The highest BCUT2D eigenvalue weighted by molar-refractivity contribution is 7.21. The molecule has 0 radical (unpaired) electrons. The number of hydrogen-bond donors (Lipinski definition) is 2. The average molecular weight is 157 g/mol. The molecule has 0 atom stereocenters. The fourth-order valence-corrected chi connectivity index (χ4v) is 1.40. The van der Waals surface area contributed by atoms with Crippen molar-refractivity contribution in [3.05, 3.63) is 10.6 Å². The van der Waals surface area contributed by atoms with Crippen molar-refractivity contribution in [3.8, 4) is 0 Å². The average Bonchev–Trinajstić information content (AvgIpc) is 2.13. The van der Waals surface area contributed by atoms with E-state index in [1.807, 2.05) is 13.8 Å². The van der Waals surface area contributed by atoms with Crippen LogP contribution in [0.1, 0.15) is 10.6 Å². The van der Waals surface area contributed by atoms with Crippen molar-refractivity contribution in [2.75, 3.05) is 0 Å². The van der Waals surface area contributed by atoms with Gasteiger partial charge in [0.1, 0.15) is 4.91 Å². The van der Waals surface area contributed by atoms with E-state index in [9.17, 15) is 0 Å².